The lowest BCUT2D eigenvalue weighted by atomic mass is 10.3. The molecule has 0 fully saturated rings. The van der Waals surface area contributed by atoms with Crippen LogP contribution in [0.4, 0.5) is 14.5 Å². The molecule has 0 unspecified atom stereocenters. The molecule has 0 aromatic heterocycles. The van der Waals surface area contributed by atoms with Crippen LogP contribution in [0.2, 0.25) is 0 Å². The molecule has 2 N–H and O–H groups in total. The highest BCUT2D eigenvalue weighted by Gasteiger charge is 2.27. The Balaban J connectivity index is 3.52. The molecule has 3 nitrogen and oxygen atoms in total. The molecule has 0 amide bonds. The molecule has 0 saturated heterocycles. The molecule has 0 aliphatic heterocycles. The summed E-state index contributed by atoms with van der Waals surface area (Å²) in [4.78, 5) is -0.910. The van der Waals surface area contributed by atoms with E-state index in [9.17, 15) is 17.2 Å². The molecule has 1 rings (SSSR count). The highest BCUT2D eigenvalue weighted by Crippen LogP contribution is 2.24. The van der Waals surface area contributed by atoms with Gasteiger partial charge in [0.1, 0.15) is 16.5 Å². The molecule has 0 heterocycles. The van der Waals surface area contributed by atoms with Crippen molar-refractivity contribution in [2.75, 3.05) is 5.73 Å². The molecule has 0 aliphatic carbocycles. The minimum absolute atomic E-state index is 0.146. The van der Waals surface area contributed by atoms with Gasteiger partial charge in [0.15, 0.2) is 9.84 Å². The first kappa shape index (κ1) is 11.9. The van der Waals surface area contributed by atoms with Gasteiger partial charge in [-0.3, -0.25) is 0 Å². The molecular weight excluding hydrogens is 224 g/mol. The summed E-state index contributed by atoms with van der Waals surface area (Å²) >= 11 is 0. The highest BCUT2D eigenvalue weighted by atomic mass is 32.2. The van der Waals surface area contributed by atoms with Gasteiger partial charge in [-0.05, 0) is 26.0 Å². The summed E-state index contributed by atoms with van der Waals surface area (Å²) in [5, 5.41) is -0.884. The lowest BCUT2D eigenvalue weighted by molar-refractivity contribution is 0.517. The van der Waals surface area contributed by atoms with Crippen LogP contribution >= 0.6 is 0 Å². The summed E-state index contributed by atoms with van der Waals surface area (Å²) < 4.78 is 49.7. The second kappa shape index (κ2) is 3.77. The van der Waals surface area contributed by atoms with Crippen molar-refractivity contribution in [1.82, 2.24) is 0 Å². The van der Waals surface area contributed by atoms with Crippen LogP contribution in [0.5, 0.6) is 0 Å². The normalized spacial score (nSPS) is 12.1. The van der Waals surface area contributed by atoms with Gasteiger partial charge >= 0.3 is 0 Å². The van der Waals surface area contributed by atoms with Gasteiger partial charge in [-0.15, -0.1) is 0 Å². The maximum absolute atomic E-state index is 13.3. The van der Waals surface area contributed by atoms with Crippen LogP contribution in [-0.2, 0) is 9.84 Å². The van der Waals surface area contributed by atoms with E-state index in [4.69, 9.17) is 5.73 Å². The average Bonchev–Trinajstić information content (AvgIpc) is 2.00. The van der Waals surface area contributed by atoms with Crippen molar-refractivity contribution in [2.24, 2.45) is 0 Å². The first-order chi connectivity index (χ1) is 6.76. The molecular formula is C9H11F2NO2S. The molecule has 0 bridgehead atoms. The Labute approximate surface area is 86.8 Å². The average molecular weight is 235 g/mol. The van der Waals surface area contributed by atoms with Gasteiger partial charge in [-0.2, -0.15) is 0 Å². The van der Waals surface area contributed by atoms with E-state index in [0.717, 1.165) is 12.1 Å². The lowest BCUT2D eigenvalue weighted by Gasteiger charge is -2.10. The fourth-order valence-corrected chi connectivity index (χ4v) is 2.22. The fourth-order valence-electron chi connectivity index (χ4n) is 1.09. The number of hydrogen-bond acceptors (Lipinski definition) is 3. The summed E-state index contributed by atoms with van der Waals surface area (Å²) in [6.45, 7) is 2.70. The van der Waals surface area contributed by atoms with E-state index >= 15 is 0 Å². The third-order valence-electron chi connectivity index (χ3n) is 1.93. The third-order valence-corrected chi connectivity index (χ3v) is 4.13. The monoisotopic (exact) mass is 235 g/mol. The fraction of sp³-hybridized carbons (Fsp3) is 0.333. The maximum Gasteiger partial charge on any atom is 0.186 e. The SMILES string of the molecule is CC(C)S(=O)(=O)c1c(F)cc(N)cc1F. The molecule has 1 aromatic carbocycles. The molecule has 0 spiro atoms. The standard InChI is InChI=1S/C9H11F2NO2S/c1-5(2)15(13,14)9-7(10)3-6(12)4-8(9)11/h3-5H,12H2,1-2H3. The van der Waals surface area contributed by atoms with Crippen molar-refractivity contribution in [3.05, 3.63) is 23.8 Å². The largest absolute Gasteiger partial charge is 0.399 e. The van der Waals surface area contributed by atoms with Gasteiger partial charge in [-0.1, -0.05) is 0 Å². The molecule has 0 aliphatic rings. The molecule has 0 atom stereocenters. The number of benzene rings is 1. The molecule has 0 radical (unpaired) electrons. The van der Waals surface area contributed by atoms with Gasteiger partial charge in [0, 0.05) is 5.69 Å². The van der Waals surface area contributed by atoms with Crippen LogP contribution in [-0.4, -0.2) is 13.7 Å². The molecule has 1 aromatic rings. The van der Waals surface area contributed by atoms with Crippen molar-refractivity contribution in [2.45, 2.75) is 24.0 Å². The van der Waals surface area contributed by atoms with E-state index < -0.39 is 31.6 Å². The Morgan fingerprint density at radius 2 is 1.60 bits per heavy atom. The van der Waals surface area contributed by atoms with Crippen molar-refractivity contribution in [3.8, 4) is 0 Å². The van der Waals surface area contributed by atoms with E-state index in [0.29, 0.717) is 0 Å². The van der Waals surface area contributed by atoms with Crippen molar-refractivity contribution < 1.29 is 17.2 Å². The van der Waals surface area contributed by atoms with Gasteiger partial charge in [0.05, 0.1) is 5.25 Å². The van der Waals surface area contributed by atoms with E-state index in [1.807, 2.05) is 0 Å². The second-order valence-electron chi connectivity index (χ2n) is 3.41. The Morgan fingerprint density at radius 3 is 1.93 bits per heavy atom. The summed E-state index contributed by atoms with van der Waals surface area (Å²) in [5.41, 5.74) is 5.03. The van der Waals surface area contributed by atoms with E-state index in [2.05, 4.69) is 0 Å². The Bertz CT molecular complexity index is 460. The number of hydrogen-bond donors (Lipinski definition) is 1. The maximum atomic E-state index is 13.3. The zero-order valence-electron chi connectivity index (χ0n) is 8.29. The van der Waals surface area contributed by atoms with Crippen LogP contribution in [0.3, 0.4) is 0 Å². The predicted octanol–water partition coefficient (Wildman–Crippen LogP) is 1.73. The smallest absolute Gasteiger partial charge is 0.186 e. The number of halogens is 2. The van der Waals surface area contributed by atoms with Gasteiger partial charge in [0.2, 0.25) is 0 Å². The molecule has 0 saturated carbocycles. The first-order valence-corrected chi connectivity index (χ1v) is 5.80. The van der Waals surface area contributed by atoms with Crippen molar-refractivity contribution in [1.29, 1.82) is 0 Å². The number of anilines is 1. The third kappa shape index (κ3) is 2.09. The van der Waals surface area contributed by atoms with E-state index in [1.54, 1.807) is 0 Å². The molecule has 84 valence electrons. The minimum Gasteiger partial charge on any atom is -0.399 e. The van der Waals surface area contributed by atoms with E-state index in [-0.39, 0.29) is 5.69 Å². The summed E-state index contributed by atoms with van der Waals surface area (Å²) in [7, 11) is -3.96. The van der Waals surface area contributed by atoms with Crippen molar-refractivity contribution >= 4 is 15.5 Å². The second-order valence-corrected chi connectivity index (χ2v) is 5.85. The number of nitrogen functional groups attached to an aromatic ring is 1. The predicted molar refractivity (Wildman–Crippen MR) is 53.1 cm³/mol. The minimum atomic E-state index is -3.96. The zero-order valence-corrected chi connectivity index (χ0v) is 9.11. The van der Waals surface area contributed by atoms with E-state index in [1.165, 1.54) is 13.8 Å². The number of sulfone groups is 1. The Kier molecular flexibility index (Phi) is 2.99. The van der Waals surface area contributed by atoms with Crippen molar-refractivity contribution in [3.63, 3.8) is 0 Å². The summed E-state index contributed by atoms with van der Waals surface area (Å²) in [5.74, 6) is -2.30. The summed E-state index contributed by atoms with van der Waals surface area (Å²) in [6, 6.07) is 1.58. The number of nitrogens with two attached hydrogens (primary N) is 1. The lowest BCUT2D eigenvalue weighted by Crippen LogP contribution is -2.17. The topological polar surface area (TPSA) is 60.2 Å². The van der Waals surface area contributed by atoms with Gasteiger partial charge in [0.25, 0.3) is 0 Å². The Morgan fingerprint density at radius 1 is 1.20 bits per heavy atom. The molecule has 15 heavy (non-hydrogen) atoms. The van der Waals surface area contributed by atoms with Crippen LogP contribution < -0.4 is 5.73 Å². The Hall–Kier alpha value is -1.17. The zero-order chi connectivity index (χ0) is 11.8. The number of rotatable bonds is 2. The quantitative estimate of drug-likeness (QED) is 0.794. The van der Waals surface area contributed by atoms with Crippen LogP contribution in [0.25, 0.3) is 0 Å². The van der Waals surface area contributed by atoms with Gasteiger partial charge in [-0.25, -0.2) is 17.2 Å². The van der Waals surface area contributed by atoms with Crippen LogP contribution in [0, 0.1) is 11.6 Å². The van der Waals surface area contributed by atoms with Crippen LogP contribution in [0.15, 0.2) is 17.0 Å². The first-order valence-electron chi connectivity index (χ1n) is 4.25. The highest BCUT2D eigenvalue weighted by molar-refractivity contribution is 7.92. The molecule has 6 heteroatoms. The van der Waals surface area contributed by atoms with Gasteiger partial charge < -0.3 is 5.73 Å². The van der Waals surface area contributed by atoms with Crippen LogP contribution in [0.1, 0.15) is 13.8 Å². The summed E-state index contributed by atoms with van der Waals surface area (Å²) in [6.07, 6.45) is 0.